The zero-order valence-corrected chi connectivity index (χ0v) is 7.50. The van der Waals surface area contributed by atoms with E-state index in [1.165, 1.54) is 0 Å². The van der Waals surface area contributed by atoms with Crippen LogP contribution in [0.2, 0.25) is 0 Å². The fourth-order valence-electron chi connectivity index (χ4n) is 1.09. The number of hydrogen-bond acceptors (Lipinski definition) is 3. The molecule has 0 aliphatic rings. The summed E-state index contributed by atoms with van der Waals surface area (Å²) in [6.07, 6.45) is 0.804. The lowest BCUT2D eigenvalue weighted by molar-refractivity contribution is 0.396. The van der Waals surface area contributed by atoms with Crippen LogP contribution in [-0.4, -0.2) is 18.6 Å². The van der Waals surface area contributed by atoms with Gasteiger partial charge in [-0.3, -0.25) is 0 Å². The molecule has 3 nitrogen and oxygen atoms in total. The average molecular weight is 166 g/mol. The molecule has 0 saturated carbocycles. The standard InChI is InChI=1S/C9H14N2O/c1-7-5-8(3-4-10)11-9(6-7)12-2/h5-6H,3-4,10H2,1-2H3. The maximum Gasteiger partial charge on any atom is 0.213 e. The highest BCUT2D eigenvalue weighted by Gasteiger charge is 1.98. The molecule has 0 aliphatic heterocycles. The van der Waals surface area contributed by atoms with Gasteiger partial charge in [0.15, 0.2) is 0 Å². The van der Waals surface area contributed by atoms with Gasteiger partial charge in [-0.1, -0.05) is 0 Å². The number of pyridine rings is 1. The highest BCUT2D eigenvalue weighted by atomic mass is 16.5. The van der Waals surface area contributed by atoms with Gasteiger partial charge in [0.25, 0.3) is 0 Å². The fraction of sp³-hybridized carbons (Fsp3) is 0.444. The van der Waals surface area contributed by atoms with Crippen molar-refractivity contribution in [3.05, 3.63) is 23.4 Å². The number of nitrogens with zero attached hydrogens (tertiary/aromatic N) is 1. The van der Waals surface area contributed by atoms with Crippen molar-refractivity contribution >= 4 is 0 Å². The van der Waals surface area contributed by atoms with Gasteiger partial charge in [0.2, 0.25) is 5.88 Å². The lowest BCUT2D eigenvalue weighted by atomic mass is 10.2. The Bertz CT molecular complexity index is 261. The van der Waals surface area contributed by atoms with Crippen molar-refractivity contribution < 1.29 is 4.74 Å². The summed E-state index contributed by atoms with van der Waals surface area (Å²) in [6.45, 7) is 2.64. The molecule has 0 fully saturated rings. The number of hydrogen-bond donors (Lipinski definition) is 1. The summed E-state index contributed by atoms with van der Waals surface area (Å²) in [7, 11) is 1.62. The van der Waals surface area contributed by atoms with E-state index in [4.69, 9.17) is 10.5 Å². The molecule has 0 bridgehead atoms. The Morgan fingerprint density at radius 2 is 2.25 bits per heavy atom. The van der Waals surface area contributed by atoms with Crippen molar-refractivity contribution in [2.24, 2.45) is 5.73 Å². The third-order valence-corrected chi connectivity index (χ3v) is 1.61. The molecule has 0 saturated heterocycles. The molecule has 1 rings (SSSR count). The highest BCUT2D eigenvalue weighted by molar-refractivity contribution is 5.24. The van der Waals surface area contributed by atoms with Gasteiger partial charge in [-0.15, -0.1) is 0 Å². The summed E-state index contributed by atoms with van der Waals surface area (Å²) in [5.41, 5.74) is 7.57. The maximum atomic E-state index is 5.42. The van der Waals surface area contributed by atoms with E-state index in [1.54, 1.807) is 7.11 Å². The summed E-state index contributed by atoms with van der Waals surface area (Å²) in [5, 5.41) is 0. The molecule has 0 aromatic carbocycles. The average Bonchev–Trinajstić information content (AvgIpc) is 2.04. The predicted molar refractivity (Wildman–Crippen MR) is 48.3 cm³/mol. The molecular formula is C9H14N2O. The Labute approximate surface area is 72.6 Å². The van der Waals surface area contributed by atoms with Crippen molar-refractivity contribution in [2.75, 3.05) is 13.7 Å². The van der Waals surface area contributed by atoms with E-state index in [-0.39, 0.29) is 0 Å². The Balaban J connectivity index is 2.90. The summed E-state index contributed by atoms with van der Waals surface area (Å²) < 4.78 is 5.03. The van der Waals surface area contributed by atoms with Crippen molar-refractivity contribution in [3.8, 4) is 5.88 Å². The predicted octanol–water partition coefficient (Wildman–Crippen LogP) is 0.900. The van der Waals surface area contributed by atoms with Crippen LogP contribution in [0.1, 0.15) is 11.3 Å². The summed E-state index contributed by atoms with van der Waals surface area (Å²) in [6, 6.07) is 3.93. The second-order valence-electron chi connectivity index (χ2n) is 2.72. The van der Waals surface area contributed by atoms with Gasteiger partial charge in [0, 0.05) is 18.2 Å². The highest BCUT2D eigenvalue weighted by Crippen LogP contribution is 2.11. The first-order chi connectivity index (χ1) is 5.76. The molecule has 12 heavy (non-hydrogen) atoms. The van der Waals surface area contributed by atoms with Crippen LogP contribution in [0, 0.1) is 6.92 Å². The number of aromatic nitrogens is 1. The molecule has 0 aliphatic carbocycles. The van der Waals surface area contributed by atoms with Gasteiger partial charge in [0.1, 0.15) is 0 Å². The van der Waals surface area contributed by atoms with Crippen LogP contribution in [0.15, 0.2) is 12.1 Å². The minimum atomic E-state index is 0.625. The quantitative estimate of drug-likeness (QED) is 0.725. The fourth-order valence-corrected chi connectivity index (χ4v) is 1.09. The van der Waals surface area contributed by atoms with Crippen LogP contribution >= 0.6 is 0 Å². The van der Waals surface area contributed by atoms with E-state index < -0.39 is 0 Å². The monoisotopic (exact) mass is 166 g/mol. The van der Waals surface area contributed by atoms with E-state index in [2.05, 4.69) is 4.98 Å². The van der Waals surface area contributed by atoms with E-state index in [0.717, 1.165) is 17.7 Å². The molecule has 1 heterocycles. The lowest BCUT2D eigenvalue weighted by Gasteiger charge is -2.03. The molecule has 0 atom stereocenters. The number of methoxy groups -OCH3 is 1. The van der Waals surface area contributed by atoms with Crippen LogP contribution in [0.3, 0.4) is 0 Å². The molecule has 1 aromatic rings. The first-order valence-electron chi connectivity index (χ1n) is 3.98. The Hall–Kier alpha value is -1.09. The molecule has 0 amide bonds. The molecule has 66 valence electrons. The number of nitrogens with two attached hydrogens (primary N) is 1. The zero-order valence-electron chi connectivity index (χ0n) is 7.50. The molecule has 0 spiro atoms. The topological polar surface area (TPSA) is 48.1 Å². The normalized spacial score (nSPS) is 9.92. The van der Waals surface area contributed by atoms with Crippen molar-refractivity contribution in [1.29, 1.82) is 0 Å². The van der Waals surface area contributed by atoms with E-state index in [0.29, 0.717) is 12.4 Å². The Morgan fingerprint density at radius 1 is 1.50 bits per heavy atom. The van der Waals surface area contributed by atoms with Crippen LogP contribution in [0.25, 0.3) is 0 Å². The molecule has 0 radical (unpaired) electrons. The van der Waals surface area contributed by atoms with Gasteiger partial charge < -0.3 is 10.5 Å². The Kier molecular flexibility index (Phi) is 3.05. The van der Waals surface area contributed by atoms with Gasteiger partial charge in [0.05, 0.1) is 7.11 Å². The van der Waals surface area contributed by atoms with Crippen LogP contribution in [0.4, 0.5) is 0 Å². The molecule has 2 N–H and O–H groups in total. The molecule has 3 heteroatoms. The number of rotatable bonds is 3. The van der Waals surface area contributed by atoms with E-state index >= 15 is 0 Å². The molecule has 0 unspecified atom stereocenters. The molecule has 1 aromatic heterocycles. The van der Waals surface area contributed by atoms with Crippen molar-refractivity contribution in [2.45, 2.75) is 13.3 Å². The van der Waals surface area contributed by atoms with E-state index in [1.807, 2.05) is 19.1 Å². The minimum Gasteiger partial charge on any atom is -0.481 e. The summed E-state index contributed by atoms with van der Waals surface area (Å²) in [5.74, 6) is 0.665. The second-order valence-corrected chi connectivity index (χ2v) is 2.72. The summed E-state index contributed by atoms with van der Waals surface area (Å²) >= 11 is 0. The van der Waals surface area contributed by atoms with Gasteiger partial charge in [-0.25, -0.2) is 4.98 Å². The lowest BCUT2D eigenvalue weighted by Crippen LogP contribution is -2.05. The first-order valence-corrected chi connectivity index (χ1v) is 3.98. The van der Waals surface area contributed by atoms with E-state index in [9.17, 15) is 0 Å². The largest absolute Gasteiger partial charge is 0.481 e. The molecular weight excluding hydrogens is 152 g/mol. The second kappa shape index (κ2) is 4.07. The number of aryl methyl sites for hydroxylation is 1. The van der Waals surface area contributed by atoms with Crippen molar-refractivity contribution in [1.82, 2.24) is 4.98 Å². The zero-order chi connectivity index (χ0) is 8.97. The van der Waals surface area contributed by atoms with Crippen LogP contribution in [-0.2, 0) is 6.42 Å². The SMILES string of the molecule is COc1cc(C)cc(CCN)n1. The summed E-state index contributed by atoms with van der Waals surface area (Å²) in [4.78, 5) is 4.24. The number of ether oxygens (including phenoxy) is 1. The van der Waals surface area contributed by atoms with Gasteiger partial charge in [-0.05, 0) is 25.1 Å². The van der Waals surface area contributed by atoms with Gasteiger partial charge in [-0.2, -0.15) is 0 Å². The Morgan fingerprint density at radius 3 is 2.83 bits per heavy atom. The minimum absolute atomic E-state index is 0.625. The first kappa shape index (κ1) is 9.00. The maximum absolute atomic E-state index is 5.42. The third-order valence-electron chi connectivity index (χ3n) is 1.61. The third kappa shape index (κ3) is 2.20. The smallest absolute Gasteiger partial charge is 0.213 e. The van der Waals surface area contributed by atoms with Crippen LogP contribution < -0.4 is 10.5 Å². The van der Waals surface area contributed by atoms with Crippen LogP contribution in [0.5, 0.6) is 5.88 Å². The van der Waals surface area contributed by atoms with Gasteiger partial charge >= 0.3 is 0 Å². The van der Waals surface area contributed by atoms with Crippen molar-refractivity contribution in [3.63, 3.8) is 0 Å².